The minimum absolute atomic E-state index is 0.120. The largest absolute Gasteiger partial charge is 0.507 e. The van der Waals surface area contributed by atoms with Crippen molar-refractivity contribution in [1.29, 1.82) is 0 Å². The molecule has 0 aliphatic rings. The number of Topliss-reactive ketones (excluding diaryl/α,β-unsaturated/α-hetero) is 1. The molecule has 0 amide bonds. The van der Waals surface area contributed by atoms with E-state index in [2.05, 4.69) is 0 Å². The van der Waals surface area contributed by atoms with Gasteiger partial charge in [0.05, 0.1) is 0 Å². The Morgan fingerprint density at radius 1 is 1.40 bits per heavy atom. The highest BCUT2D eigenvalue weighted by atomic mass is 35.5. The van der Waals surface area contributed by atoms with Gasteiger partial charge in [-0.25, -0.2) is 0 Å². The lowest BCUT2D eigenvalue weighted by Gasteiger charge is -2.12. The molecule has 0 spiro atoms. The highest BCUT2D eigenvalue weighted by Crippen LogP contribution is 2.39. The molecule has 0 radical (unpaired) electrons. The molecule has 0 saturated heterocycles. The van der Waals surface area contributed by atoms with E-state index in [9.17, 15) is 18.0 Å². The molecule has 0 atom stereocenters. The highest BCUT2D eigenvalue weighted by Gasteiger charge is 2.38. The fourth-order valence-electron chi connectivity index (χ4n) is 1.17. The Morgan fingerprint density at radius 2 is 1.93 bits per heavy atom. The van der Waals surface area contributed by atoms with Crippen molar-refractivity contribution >= 4 is 17.4 Å². The molecule has 0 aliphatic carbocycles. The van der Waals surface area contributed by atoms with Gasteiger partial charge in [0.1, 0.15) is 11.3 Å². The van der Waals surface area contributed by atoms with Crippen molar-refractivity contribution in [1.82, 2.24) is 0 Å². The Hall–Kier alpha value is -1.23. The molecular formula is C9H6ClF3O2. The SMILES string of the molecule is CC(=O)c1cc(Cl)cc(O)c1C(F)(F)F. The van der Waals surface area contributed by atoms with E-state index < -0.39 is 28.8 Å². The normalized spacial score (nSPS) is 11.5. The van der Waals surface area contributed by atoms with Crippen LogP contribution in [-0.4, -0.2) is 10.9 Å². The zero-order valence-electron chi connectivity index (χ0n) is 7.52. The molecule has 1 aromatic rings. The number of halogens is 4. The molecule has 0 heterocycles. The number of hydrogen-bond donors (Lipinski definition) is 1. The average Bonchev–Trinajstić information content (AvgIpc) is 1.99. The first kappa shape index (κ1) is 11.8. The summed E-state index contributed by atoms with van der Waals surface area (Å²) in [6, 6.07) is 1.63. The van der Waals surface area contributed by atoms with Crippen molar-refractivity contribution in [2.75, 3.05) is 0 Å². The predicted octanol–water partition coefficient (Wildman–Crippen LogP) is 3.27. The van der Waals surface area contributed by atoms with Crippen molar-refractivity contribution in [3.8, 4) is 5.75 Å². The van der Waals surface area contributed by atoms with Gasteiger partial charge < -0.3 is 5.11 Å². The highest BCUT2D eigenvalue weighted by molar-refractivity contribution is 6.31. The smallest absolute Gasteiger partial charge is 0.420 e. The van der Waals surface area contributed by atoms with Gasteiger partial charge in [0.25, 0.3) is 0 Å². The van der Waals surface area contributed by atoms with E-state index in [0.717, 1.165) is 19.1 Å². The number of rotatable bonds is 1. The van der Waals surface area contributed by atoms with Gasteiger partial charge >= 0.3 is 6.18 Å². The van der Waals surface area contributed by atoms with Crippen molar-refractivity contribution in [3.05, 3.63) is 28.3 Å². The first-order valence-electron chi connectivity index (χ1n) is 3.84. The summed E-state index contributed by atoms with van der Waals surface area (Å²) >= 11 is 5.44. The molecule has 0 aliphatic heterocycles. The monoisotopic (exact) mass is 238 g/mol. The van der Waals surface area contributed by atoms with Crippen molar-refractivity contribution in [2.24, 2.45) is 0 Å². The first-order valence-corrected chi connectivity index (χ1v) is 4.22. The molecule has 0 fully saturated rings. The van der Waals surface area contributed by atoms with Gasteiger partial charge in [0.2, 0.25) is 0 Å². The fourth-order valence-corrected chi connectivity index (χ4v) is 1.38. The molecule has 2 nitrogen and oxygen atoms in total. The molecule has 0 aromatic heterocycles. The fraction of sp³-hybridized carbons (Fsp3) is 0.222. The molecule has 1 N–H and O–H groups in total. The number of ketones is 1. The number of carbonyl (C=O) groups is 1. The molecular weight excluding hydrogens is 233 g/mol. The second kappa shape index (κ2) is 3.73. The Kier molecular flexibility index (Phi) is 2.95. The third-order valence-corrected chi connectivity index (χ3v) is 1.96. The van der Waals surface area contributed by atoms with Crippen molar-refractivity contribution in [2.45, 2.75) is 13.1 Å². The van der Waals surface area contributed by atoms with Gasteiger partial charge in [-0.15, -0.1) is 0 Å². The topological polar surface area (TPSA) is 37.3 Å². The van der Waals surface area contributed by atoms with Gasteiger partial charge in [-0.3, -0.25) is 4.79 Å². The van der Waals surface area contributed by atoms with Crippen LogP contribution in [0.2, 0.25) is 5.02 Å². The zero-order valence-corrected chi connectivity index (χ0v) is 8.28. The molecule has 1 aromatic carbocycles. The number of aromatic hydroxyl groups is 1. The van der Waals surface area contributed by atoms with Crippen LogP contribution in [0.1, 0.15) is 22.8 Å². The summed E-state index contributed by atoms with van der Waals surface area (Å²) < 4.78 is 37.3. The van der Waals surface area contributed by atoms with E-state index in [1.165, 1.54) is 0 Å². The molecule has 0 bridgehead atoms. The van der Waals surface area contributed by atoms with Gasteiger partial charge in [-0.1, -0.05) is 11.6 Å². The Bertz CT molecular complexity index is 413. The van der Waals surface area contributed by atoms with E-state index in [-0.39, 0.29) is 5.02 Å². The minimum atomic E-state index is -4.78. The first-order chi connectivity index (χ1) is 6.73. The lowest BCUT2D eigenvalue weighted by atomic mass is 10.0. The maximum atomic E-state index is 12.4. The molecule has 0 saturated carbocycles. The summed E-state index contributed by atoms with van der Waals surface area (Å²) in [5, 5.41) is 8.98. The van der Waals surface area contributed by atoms with Gasteiger partial charge in [-0.2, -0.15) is 13.2 Å². The van der Waals surface area contributed by atoms with Crippen LogP contribution in [-0.2, 0) is 6.18 Å². The Morgan fingerprint density at radius 3 is 2.33 bits per heavy atom. The van der Waals surface area contributed by atoms with Crippen LogP contribution in [0.4, 0.5) is 13.2 Å². The molecule has 6 heteroatoms. The number of phenols is 1. The van der Waals surface area contributed by atoms with Crippen LogP contribution >= 0.6 is 11.6 Å². The third-order valence-electron chi connectivity index (χ3n) is 1.75. The zero-order chi connectivity index (χ0) is 11.8. The van der Waals surface area contributed by atoms with Crippen molar-refractivity contribution in [3.63, 3.8) is 0 Å². The van der Waals surface area contributed by atoms with E-state index >= 15 is 0 Å². The second-order valence-electron chi connectivity index (χ2n) is 2.90. The van der Waals surface area contributed by atoms with Gasteiger partial charge in [0.15, 0.2) is 5.78 Å². The van der Waals surface area contributed by atoms with Crippen LogP contribution < -0.4 is 0 Å². The maximum absolute atomic E-state index is 12.4. The summed E-state index contributed by atoms with van der Waals surface area (Å²) in [6.45, 7) is 0.973. The lowest BCUT2D eigenvalue weighted by Crippen LogP contribution is -2.12. The van der Waals surface area contributed by atoms with E-state index in [4.69, 9.17) is 16.7 Å². The summed E-state index contributed by atoms with van der Waals surface area (Å²) in [6.07, 6.45) is -4.78. The van der Waals surface area contributed by atoms with Crippen molar-refractivity contribution < 1.29 is 23.1 Å². The van der Waals surface area contributed by atoms with Gasteiger partial charge in [-0.05, 0) is 19.1 Å². The summed E-state index contributed by atoms with van der Waals surface area (Å²) in [4.78, 5) is 10.9. The van der Waals surface area contributed by atoms with Crippen LogP contribution in [0.3, 0.4) is 0 Å². The third kappa shape index (κ3) is 2.41. The number of phenolic OH excluding ortho intramolecular Hbond substituents is 1. The lowest BCUT2D eigenvalue weighted by molar-refractivity contribution is -0.139. The molecule has 0 unspecified atom stereocenters. The van der Waals surface area contributed by atoms with E-state index in [1.807, 2.05) is 0 Å². The van der Waals surface area contributed by atoms with Crippen LogP contribution in [0.5, 0.6) is 5.75 Å². The van der Waals surface area contributed by atoms with Gasteiger partial charge in [0, 0.05) is 10.6 Å². The number of hydrogen-bond acceptors (Lipinski definition) is 2. The average molecular weight is 239 g/mol. The second-order valence-corrected chi connectivity index (χ2v) is 3.34. The van der Waals surface area contributed by atoms with E-state index in [0.29, 0.717) is 0 Å². The molecule has 1 rings (SSSR count). The number of alkyl halides is 3. The molecule has 15 heavy (non-hydrogen) atoms. The standard InChI is InChI=1S/C9H6ClF3O2/c1-4(14)6-2-5(10)3-7(15)8(6)9(11,12)13/h2-3,15H,1H3. The Balaban J connectivity index is 3.55. The number of benzene rings is 1. The summed E-state index contributed by atoms with van der Waals surface area (Å²) in [7, 11) is 0. The predicted molar refractivity (Wildman–Crippen MR) is 48.1 cm³/mol. The Labute approximate surface area is 88.3 Å². The number of carbonyl (C=O) groups excluding carboxylic acids is 1. The minimum Gasteiger partial charge on any atom is -0.507 e. The summed E-state index contributed by atoms with van der Waals surface area (Å²) in [5.41, 5.74) is -1.98. The van der Waals surface area contributed by atoms with Crippen LogP contribution in [0, 0.1) is 0 Å². The quantitative estimate of drug-likeness (QED) is 0.763. The maximum Gasteiger partial charge on any atom is 0.420 e. The van der Waals surface area contributed by atoms with Crippen LogP contribution in [0.25, 0.3) is 0 Å². The van der Waals surface area contributed by atoms with E-state index in [1.54, 1.807) is 0 Å². The van der Waals surface area contributed by atoms with Crippen LogP contribution in [0.15, 0.2) is 12.1 Å². The molecule has 82 valence electrons. The summed E-state index contributed by atoms with van der Waals surface area (Å²) in [5.74, 6) is -1.85.